The minimum Gasteiger partial charge on any atom is -0.456 e. The largest absolute Gasteiger partial charge is 0.456 e. The van der Waals surface area contributed by atoms with E-state index in [0.29, 0.717) is 30.0 Å². The molecule has 0 aliphatic carbocycles. The van der Waals surface area contributed by atoms with E-state index in [0.717, 1.165) is 33.2 Å². The van der Waals surface area contributed by atoms with Gasteiger partial charge in [-0.15, -0.1) is 0 Å². The Bertz CT molecular complexity index is 2600. The molecule has 1 aliphatic heterocycles. The lowest BCUT2D eigenvalue weighted by Gasteiger charge is -2.43. The molecule has 0 radical (unpaired) electrons. The van der Waals surface area contributed by atoms with Crippen molar-refractivity contribution in [2.24, 2.45) is 0 Å². The molecule has 3 amide bonds. The molecule has 8 rings (SSSR count). The number of urea groups is 1. The number of carbonyl (C=O) groups is 2. The summed E-state index contributed by atoms with van der Waals surface area (Å²) in [5.74, 6) is -0.146. The van der Waals surface area contributed by atoms with Gasteiger partial charge in [0.25, 0.3) is 14.2 Å². The lowest BCUT2D eigenvalue weighted by Crippen LogP contribution is -2.66. The van der Waals surface area contributed by atoms with E-state index in [9.17, 15) is 14.0 Å². The molecule has 7 aromatic rings. The van der Waals surface area contributed by atoms with Crippen molar-refractivity contribution in [3.63, 3.8) is 0 Å². The van der Waals surface area contributed by atoms with Crippen LogP contribution in [-0.4, -0.2) is 42.8 Å². The zero-order valence-electron chi connectivity index (χ0n) is 35.2. The number of rotatable bonds is 12. The third kappa shape index (κ3) is 8.38. The van der Waals surface area contributed by atoms with Crippen LogP contribution in [0.25, 0.3) is 33.6 Å². The predicted molar refractivity (Wildman–Crippen MR) is 243 cm³/mol. The van der Waals surface area contributed by atoms with Gasteiger partial charge in [0.15, 0.2) is 0 Å². The Labute approximate surface area is 357 Å². The first-order valence-electron chi connectivity index (χ1n) is 20.9. The highest BCUT2D eigenvalue weighted by Crippen LogP contribution is 2.44. The number of carbonyl (C=O) groups excluding carboxylic acids is 2. The van der Waals surface area contributed by atoms with Gasteiger partial charge in [-0.25, -0.2) is 14.2 Å². The number of benzene rings is 5. The van der Waals surface area contributed by atoms with E-state index < -0.39 is 26.1 Å². The fourth-order valence-electron chi connectivity index (χ4n) is 8.68. The Morgan fingerprint density at radius 3 is 2.16 bits per heavy atom. The van der Waals surface area contributed by atoms with Crippen molar-refractivity contribution in [2.75, 3.05) is 6.61 Å². The molecular formula is C51H51FN4O4Si. The Hall–Kier alpha value is -6.36. The van der Waals surface area contributed by atoms with Gasteiger partial charge < -0.3 is 24.4 Å². The number of hydrogen-bond acceptors (Lipinski definition) is 5. The number of pyridine rings is 1. The van der Waals surface area contributed by atoms with Crippen molar-refractivity contribution < 1.29 is 22.8 Å². The van der Waals surface area contributed by atoms with Crippen LogP contribution in [0.5, 0.6) is 0 Å². The first-order chi connectivity index (χ1) is 29.4. The maximum absolute atomic E-state index is 14.6. The van der Waals surface area contributed by atoms with E-state index in [-0.39, 0.29) is 35.9 Å². The Morgan fingerprint density at radius 1 is 0.836 bits per heavy atom. The van der Waals surface area contributed by atoms with Gasteiger partial charge in [0.2, 0.25) is 0 Å². The van der Waals surface area contributed by atoms with Crippen LogP contribution in [0, 0.1) is 5.82 Å². The summed E-state index contributed by atoms with van der Waals surface area (Å²) in [5.41, 5.74) is 5.19. The second kappa shape index (κ2) is 17.3. The van der Waals surface area contributed by atoms with Gasteiger partial charge in [0, 0.05) is 53.4 Å². The highest BCUT2D eigenvalue weighted by atomic mass is 28.4. The molecule has 310 valence electrons. The summed E-state index contributed by atoms with van der Waals surface area (Å²) in [6.07, 6.45) is 0.472. The molecular weight excluding hydrogens is 780 g/mol. The minimum absolute atomic E-state index is 0.00767. The molecule has 10 heteroatoms. The SMILES string of the molecule is CC(C)NC(=O)N1Cc2cc(C(=O)NCc3ccccc3F)nc(-c3cccc(-c4cc5ccccc5o4)c3)c2[C@H]1CCO[Si](c1ccccc1)(c1ccccc1)C(C)(C)C. The topological polar surface area (TPSA) is 96.7 Å². The third-order valence-electron chi connectivity index (χ3n) is 11.5. The van der Waals surface area contributed by atoms with Gasteiger partial charge >= 0.3 is 6.03 Å². The van der Waals surface area contributed by atoms with E-state index in [1.807, 2.05) is 85.5 Å². The lowest BCUT2D eigenvalue weighted by atomic mass is 9.94. The number of amides is 3. The molecule has 3 heterocycles. The first-order valence-corrected chi connectivity index (χ1v) is 22.8. The Morgan fingerprint density at radius 2 is 1.49 bits per heavy atom. The Balaban J connectivity index is 1.23. The van der Waals surface area contributed by atoms with E-state index in [4.69, 9.17) is 13.8 Å². The third-order valence-corrected chi connectivity index (χ3v) is 16.5. The molecule has 5 aromatic carbocycles. The fraction of sp³-hybridized carbons (Fsp3) is 0.235. The number of nitrogens with one attached hydrogen (secondary N) is 2. The smallest absolute Gasteiger partial charge is 0.318 e. The van der Waals surface area contributed by atoms with Crippen molar-refractivity contribution in [1.82, 2.24) is 20.5 Å². The molecule has 0 bridgehead atoms. The molecule has 0 saturated carbocycles. The van der Waals surface area contributed by atoms with Crippen LogP contribution >= 0.6 is 0 Å². The molecule has 61 heavy (non-hydrogen) atoms. The highest BCUT2D eigenvalue weighted by molar-refractivity contribution is 6.99. The molecule has 0 saturated heterocycles. The van der Waals surface area contributed by atoms with Gasteiger partial charge in [0.1, 0.15) is 22.9 Å². The normalized spacial score (nSPS) is 14.0. The summed E-state index contributed by atoms with van der Waals surface area (Å²) in [7, 11) is -2.91. The second-order valence-electron chi connectivity index (χ2n) is 17.0. The van der Waals surface area contributed by atoms with Crippen molar-refractivity contribution in [2.45, 2.75) is 71.3 Å². The number of halogens is 1. The standard InChI is InChI=1S/C51H51FN4O4Si/c1-34(2)54-50(58)56-33-39-30-43(49(57)53-32-38-18-12-14-25-42(38)52)55-48(37-20-16-19-35(29-37)46-31-36-17-13-15-26-45(36)60-46)47(39)44(56)27-28-59-61(51(3,4)5,40-21-8-6-9-22-40)41-23-10-7-11-24-41/h6-26,29-31,34,44H,27-28,32-33H2,1-5H3,(H,53,57)(H,54,58)/t44-/m1/s1. The summed E-state index contributed by atoms with van der Waals surface area (Å²) in [6, 6.07) is 46.3. The molecule has 0 spiro atoms. The first kappa shape index (κ1) is 41.4. The van der Waals surface area contributed by atoms with Gasteiger partial charge in [-0.05, 0) is 71.6 Å². The summed E-state index contributed by atoms with van der Waals surface area (Å²) in [4.78, 5) is 35.1. The Kier molecular flexibility index (Phi) is 11.7. The number of nitrogens with zero attached hydrogens (tertiary/aromatic N) is 2. The number of hydrogen-bond donors (Lipinski definition) is 2. The van der Waals surface area contributed by atoms with Crippen molar-refractivity contribution >= 4 is 41.6 Å². The fourth-order valence-corrected chi connectivity index (χ4v) is 13.3. The number of para-hydroxylation sites is 1. The van der Waals surface area contributed by atoms with E-state index in [1.54, 1.807) is 24.3 Å². The van der Waals surface area contributed by atoms with Gasteiger partial charge in [-0.1, -0.05) is 136 Å². The maximum atomic E-state index is 14.6. The summed E-state index contributed by atoms with van der Waals surface area (Å²) >= 11 is 0. The van der Waals surface area contributed by atoms with Crippen LogP contribution in [-0.2, 0) is 17.5 Å². The summed E-state index contributed by atoms with van der Waals surface area (Å²) in [6.45, 7) is 11.2. The van der Waals surface area contributed by atoms with Crippen LogP contribution in [0.2, 0.25) is 5.04 Å². The van der Waals surface area contributed by atoms with Gasteiger partial charge in [0.05, 0.1) is 11.7 Å². The second-order valence-corrected chi connectivity index (χ2v) is 21.3. The van der Waals surface area contributed by atoms with Crippen molar-refractivity contribution in [3.8, 4) is 22.6 Å². The van der Waals surface area contributed by atoms with Crippen LogP contribution in [0.1, 0.15) is 74.3 Å². The quantitative estimate of drug-likeness (QED) is 0.120. The van der Waals surface area contributed by atoms with Crippen LogP contribution in [0.3, 0.4) is 0 Å². The predicted octanol–water partition coefficient (Wildman–Crippen LogP) is 10.2. The molecule has 1 aliphatic rings. The average Bonchev–Trinajstić information content (AvgIpc) is 3.87. The van der Waals surface area contributed by atoms with Crippen LogP contribution < -0.4 is 21.0 Å². The summed E-state index contributed by atoms with van der Waals surface area (Å²) < 4.78 is 28.3. The van der Waals surface area contributed by atoms with E-state index in [2.05, 4.69) is 79.9 Å². The monoisotopic (exact) mass is 830 g/mol. The molecule has 8 nitrogen and oxygen atoms in total. The minimum atomic E-state index is -2.91. The number of fused-ring (bicyclic) bond motifs is 2. The zero-order valence-corrected chi connectivity index (χ0v) is 36.2. The average molecular weight is 831 g/mol. The van der Waals surface area contributed by atoms with Crippen LogP contribution in [0.15, 0.2) is 150 Å². The zero-order chi connectivity index (χ0) is 42.7. The van der Waals surface area contributed by atoms with E-state index >= 15 is 0 Å². The molecule has 1 atom stereocenters. The number of furan rings is 1. The lowest BCUT2D eigenvalue weighted by molar-refractivity contribution is 0.0945. The highest BCUT2D eigenvalue weighted by Gasteiger charge is 2.50. The van der Waals surface area contributed by atoms with Gasteiger partial charge in [-0.3, -0.25) is 4.79 Å². The van der Waals surface area contributed by atoms with E-state index in [1.165, 1.54) is 16.4 Å². The number of aromatic nitrogens is 1. The molecule has 0 unspecified atom stereocenters. The van der Waals surface area contributed by atoms with Gasteiger partial charge in [-0.2, -0.15) is 0 Å². The molecule has 2 aromatic heterocycles. The maximum Gasteiger partial charge on any atom is 0.318 e. The summed E-state index contributed by atoms with van der Waals surface area (Å²) in [5, 5.41) is 9.09. The van der Waals surface area contributed by atoms with Crippen LogP contribution in [0.4, 0.5) is 9.18 Å². The van der Waals surface area contributed by atoms with Crippen molar-refractivity contribution in [3.05, 3.63) is 174 Å². The molecule has 0 fully saturated rings. The van der Waals surface area contributed by atoms with Crippen molar-refractivity contribution in [1.29, 1.82) is 0 Å². The molecule has 2 N–H and O–H groups in total.